The summed E-state index contributed by atoms with van der Waals surface area (Å²) in [5.41, 5.74) is 0. The lowest BCUT2D eigenvalue weighted by Gasteiger charge is -2.12. The molecule has 112 valence electrons. The fourth-order valence-corrected chi connectivity index (χ4v) is 1.47. The normalized spacial score (nSPS) is 14.6. The number of imide groups is 1. The highest BCUT2D eigenvalue weighted by Crippen LogP contribution is 2.11. The second-order valence-corrected chi connectivity index (χ2v) is 4.24. The molecule has 20 heavy (non-hydrogen) atoms. The van der Waals surface area contributed by atoms with Gasteiger partial charge in [0.25, 0.3) is 11.8 Å². The average Bonchev–Trinajstić information content (AvgIpc) is 2.71. The van der Waals surface area contributed by atoms with Gasteiger partial charge in [0, 0.05) is 19.4 Å². The van der Waals surface area contributed by atoms with Gasteiger partial charge in [0.05, 0.1) is 0 Å². The number of hydroxylamine groups is 2. The van der Waals surface area contributed by atoms with E-state index in [9.17, 15) is 19.2 Å². The van der Waals surface area contributed by atoms with E-state index in [1.54, 1.807) is 0 Å². The molecule has 0 aromatic rings. The van der Waals surface area contributed by atoms with Crippen molar-refractivity contribution >= 4 is 23.7 Å². The molecule has 1 aliphatic rings. The van der Waals surface area contributed by atoms with Crippen molar-refractivity contribution in [2.45, 2.75) is 32.6 Å². The molecule has 8 heteroatoms. The minimum atomic E-state index is -0.894. The van der Waals surface area contributed by atoms with E-state index in [0.717, 1.165) is 12.8 Å². The molecule has 0 atom stereocenters. The van der Waals surface area contributed by atoms with Crippen molar-refractivity contribution in [3.63, 3.8) is 0 Å². The zero-order valence-electron chi connectivity index (χ0n) is 11.3. The third-order valence-electron chi connectivity index (χ3n) is 2.50. The van der Waals surface area contributed by atoms with Crippen molar-refractivity contribution in [3.05, 3.63) is 0 Å². The molecule has 1 fully saturated rings. The summed E-state index contributed by atoms with van der Waals surface area (Å²) in [5.74, 6) is -2.34. The molecule has 1 heterocycles. The lowest BCUT2D eigenvalue weighted by atomic mass is 10.3. The van der Waals surface area contributed by atoms with Crippen molar-refractivity contribution in [1.82, 2.24) is 10.4 Å². The molecule has 8 nitrogen and oxygen atoms in total. The average molecular weight is 286 g/mol. The first kappa shape index (κ1) is 16.1. The number of unbranched alkanes of at least 4 members (excludes halogenated alkanes) is 1. The summed E-state index contributed by atoms with van der Waals surface area (Å²) in [6.07, 6.45) is 1.90. The Hall–Kier alpha value is -1.96. The highest BCUT2D eigenvalue weighted by molar-refractivity contribution is 6.01. The number of rotatable bonds is 8. The molecular weight excluding hydrogens is 268 g/mol. The molecule has 1 rings (SSSR count). The quantitative estimate of drug-likeness (QED) is 0.478. The van der Waals surface area contributed by atoms with Crippen LogP contribution < -0.4 is 5.32 Å². The van der Waals surface area contributed by atoms with E-state index in [2.05, 4.69) is 10.2 Å². The Morgan fingerprint density at radius 3 is 2.45 bits per heavy atom. The van der Waals surface area contributed by atoms with E-state index < -0.39 is 24.4 Å². The van der Waals surface area contributed by atoms with Crippen LogP contribution in [0.3, 0.4) is 0 Å². The van der Waals surface area contributed by atoms with Gasteiger partial charge in [0.1, 0.15) is 13.2 Å². The second-order valence-electron chi connectivity index (χ2n) is 4.24. The Bertz CT molecular complexity index is 379. The minimum absolute atomic E-state index is 0.0345. The molecule has 0 aliphatic carbocycles. The molecule has 0 bridgehead atoms. The van der Waals surface area contributed by atoms with Gasteiger partial charge < -0.3 is 14.9 Å². The van der Waals surface area contributed by atoms with E-state index in [4.69, 9.17) is 4.74 Å². The SMILES string of the molecule is CCCCNC(=O)COCC(=O)ON1C(=O)CCC1=O. The molecule has 0 aromatic carbocycles. The maximum Gasteiger partial charge on any atom is 0.358 e. The minimum Gasteiger partial charge on any atom is -0.360 e. The van der Waals surface area contributed by atoms with Crippen molar-refractivity contribution < 1.29 is 28.8 Å². The van der Waals surface area contributed by atoms with Crippen molar-refractivity contribution in [3.8, 4) is 0 Å². The lowest BCUT2D eigenvalue weighted by molar-refractivity contribution is -0.200. The van der Waals surface area contributed by atoms with Gasteiger partial charge in [-0.2, -0.15) is 0 Å². The number of amides is 3. The second kappa shape index (κ2) is 8.26. The van der Waals surface area contributed by atoms with E-state index in [1.165, 1.54) is 0 Å². The van der Waals surface area contributed by atoms with Gasteiger partial charge in [0.2, 0.25) is 5.91 Å². The largest absolute Gasteiger partial charge is 0.360 e. The highest BCUT2D eigenvalue weighted by atomic mass is 16.7. The zero-order valence-corrected chi connectivity index (χ0v) is 11.3. The third-order valence-corrected chi connectivity index (χ3v) is 2.50. The summed E-state index contributed by atoms with van der Waals surface area (Å²) in [6, 6.07) is 0. The van der Waals surface area contributed by atoms with Crippen LogP contribution in [0.2, 0.25) is 0 Å². The zero-order chi connectivity index (χ0) is 15.0. The smallest absolute Gasteiger partial charge is 0.358 e. The number of nitrogens with one attached hydrogen (secondary N) is 1. The van der Waals surface area contributed by atoms with Crippen LogP contribution in [0.4, 0.5) is 0 Å². The first-order valence-electron chi connectivity index (χ1n) is 6.45. The fourth-order valence-electron chi connectivity index (χ4n) is 1.47. The molecule has 0 saturated carbocycles. The predicted molar refractivity (Wildman–Crippen MR) is 65.9 cm³/mol. The van der Waals surface area contributed by atoms with Crippen LogP contribution in [0, 0.1) is 0 Å². The number of hydrogen-bond acceptors (Lipinski definition) is 6. The van der Waals surface area contributed by atoms with Crippen LogP contribution in [0.1, 0.15) is 32.6 Å². The number of nitrogens with zero attached hydrogens (tertiary/aromatic N) is 1. The highest BCUT2D eigenvalue weighted by Gasteiger charge is 2.32. The van der Waals surface area contributed by atoms with Gasteiger partial charge in [-0.15, -0.1) is 5.06 Å². The molecular formula is C12H18N2O6. The van der Waals surface area contributed by atoms with E-state index >= 15 is 0 Å². The molecule has 1 N–H and O–H groups in total. The van der Waals surface area contributed by atoms with Crippen LogP contribution in [0.25, 0.3) is 0 Å². The van der Waals surface area contributed by atoms with Crippen LogP contribution in [-0.2, 0) is 28.8 Å². The summed E-state index contributed by atoms with van der Waals surface area (Å²) < 4.78 is 4.83. The molecule has 0 spiro atoms. The van der Waals surface area contributed by atoms with Gasteiger partial charge in [-0.25, -0.2) is 4.79 Å². The van der Waals surface area contributed by atoms with Crippen LogP contribution in [0.15, 0.2) is 0 Å². The van der Waals surface area contributed by atoms with Crippen molar-refractivity contribution in [2.75, 3.05) is 19.8 Å². The number of carbonyl (C=O) groups is 4. The molecule has 0 radical (unpaired) electrons. The molecule has 1 aliphatic heterocycles. The Morgan fingerprint density at radius 1 is 1.20 bits per heavy atom. The Kier molecular flexibility index (Phi) is 6.65. The molecule has 0 unspecified atom stereocenters. The summed E-state index contributed by atoms with van der Waals surface area (Å²) in [5, 5.41) is 3.05. The summed E-state index contributed by atoms with van der Waals surface area (Å²) in [4.78, 5) is 49.4. The summed E-state index contributed by atoms with van der Waals surface area (Å²) in [7, 11) is 0. The first-order valence-corrected chi connectivity index (χ1v) is 6.45. The van der Waals surface area contributed by atoms with Gasteiger partial charge in [-0.3, -0.25) is 14.4 Å². The number of carbonyl (C=O) groups excluding carboxylic acids is 4. The predicted octanol–water partition coefficient (Wildman–Crippen LogP) is -0.473. The van der Waals surface area contributed by atoms with E-state index in [1.807, 2.05) is 6.92 Å². The first-order chi connectivity index (χ1) is 9.54. The summed E-state index contributed by atoms with van der Waals surface area (Å²) >= 11 is 0. The van der Waals surface area contributed by atoms with Crippen LogP contribution >= 0.6 is 0 Å². The topological polar surface area (TPSA) is 102 Å². The Labute approximate surface area is 116 Å². The van der Waals surface area contributed by atoms with Gasteiger partial charge >= 0.3 is 5.97 Å². The third kappa shape index (κ3) is 5.35. The van der Waals surface area contributed by atoms with Crippen LogP contribution in [-0.4, -0.2) is 48.5 Å². The van der Waals surface area contributed by atoms with Gasteiger partial charge in [-0.1, -0.05) is 13.3 Å². The maximum absolute atomic E-state index is 11.3. The van der Waals surface area contributed by atoms with Crippen LogP contribution in [0.5, 0.6) is 0 Å². The van der Waals surface area contributed by atoms with E-state index in [0.29, 0.717) is 11.6 Å². The molecule has 1 saturated heterocycles. The number of ether oxygens (including phenoxy) is 1. The lowest BCUT2D eigenvalue weighted by Crippen LogP contribution is -2.34. The maximum atomic E-state index is 11.3. The van der Waals surface area contributed by atoms with Crippen molar-refractivity contribution in [2.24, 2.45) is 0 Å². The standard InChI is InChI=1S/C12H18N2O6/c1-2-3-6-13-9(15)7-19-8-12(18)20-14-10(16)4-5-11(14)17/h2-8H2,1H3,(H,13,15). The van der Waals surface area contributed by atoms with Gasteiger partial charge in [-0.05, 0) is 6.42 Å². The monoisotopic (exact) mass is 286 g/mol. The van der Waals surface area contributed by atoms with E-state index in [-0.39, 0.29) is 25.4 Å². The molecule has 0 aromatic heterocycles. The summed E-state index contributed by atoms with van der Waals surface area (Å²) in [6.45, 7) is 1.78. The van der Waals surface area contributed by atoms with Gasteiger partial charge in [0.15, 0.2) is 0 Å². The number of hydrogen-bond donors (Lipinski definition) is 1. The fraction of sp³-hybridized carbons (Fsp3) is 0.667. The Morgan fingerprint density at radius 2 is 1.85 bits per heavy atom. The van der Waals surface area contributed by atoms with Crippen molar-refractivity contribution in [1.29, 1.82) is 0 Å². The molecule has 3 amide bonds. The Balaban J connectivity index is 2.15.